The van der Waals surface area contributed by atoms with Crippen molar-refractivity contribution >= 4 is 17.6 Å². The molecular formula is C17H27N5O2. The van der Waals surface area contributed by atoms with Crippen molar-refractivity contribution in [1.82, 2.24) is 14.8 Å². The normalized spacial score (nSPS) is 15.9. The number of rotatable bonds is 4. The van der Waals surface area contributed by atoms with Gasteiger partial charge in [-0.05, 0) is 31.9 Å². The summed E-state index contributed by atoms with van der Waals surface area (Å²) in [5, 5.41) is 0. The fourth-order valence-corrected chi connectivity index (χ4v) is 2.79. The molecule has 0 radical (unpaired) electrons. The lowest BCUT2D eigenvalue weighted by Crippen LogP contribution is -2.39. The Kier molecular flexibility index (Phi) is 5.77. The first kappa shape index (κ1) is 18.2. The quantitative estimate of drug-likeness (QED) is 0.862. The van der Waals surface area contributed by atoms with Gasteiger partial charge in [0.1, 0.15) is 5.82 Å². The molecule has 1 fully saturated rings. The zero-order valence-electron chi connectivity index (χ0n) is 15.0. The fraction of sp³-hybridized carbons (Fsp3) is 0.588. The smallest absolute Gasteiger partial charge is 0.252 e. The van der Waals surface area contributed by atoms with Crippen molar-refractivity contribution in [1.29, 1.82) is 0 Å². The number of nitrogens with two attached hydrogens (primary N) is 1. The molecule has 1 aliphatic heterocycles. The molecule has 1 aromatic heterocycles. The van der Waals surface area contributed by atoms with Gasteiger partial charge in [-0.25, -0.2) is 4.98 Å². The van der Waals surface area contributed by atoms with Crippen LogP contribution < -0.4 is 10.6 Å². The van der Waals surface area contributed by atoms with E-state index in [0.29, 0.717) is 17.9 Å². The van der Waals surface area contributed by atoms with Crippen molar-refractivity contribution < 1.29 is 9.59 Å². The van der Waals surface area contributed by atoms with Crippen molar-refractivity contribution in [2.75, 3.05) is 51.7 Å². The summed E-state index contributed by atoms with van der Waals surface area (Å²) >= 11 is 0. The van der Waals surface area contributed by atoms with Crippen molar-refractivity contribution in [3.63, 3.8) is 0 Å². The Hall–Kier alpha value is -2.15. The van der Waals surface area contributed by atoms with Gasteiger partial charge >= 0.3 is 0 Å². The summed E-state index contributed by atoms with van der Waals surface area (Å²) in [6.07, 6.45) is 0.910. The number of aromatic nitrogens is 1. The van der Waals surface area contributed by atoms with Gasteiger partial charge in [-0.3, -0.25) is 14.5 Å². The number of nitrogens with zero attached hydrogens (tertiary/aromatic N) is 4. The first-order chi connectivity index (χ1) is 11.3. The molecule has 0 bridgehead atoms. The molecule has 1 aromatic rings. The molecule has 2 N–H and O–H groups in total. The van der Waals surface area contributed by atoms with Gasteiger partial charge in [0.05, 0.1) is 12.1 Å². The number of anilines is 1. The van der Waals surface area contributed by atoms with E-state index in [0.717, 1.165) is 43.9 Å². The van der Waals surface area contributed by atoms with E-state index < -0.39 is 5.91 Å². The number of carbonyl (C=O) groups excluding carboxylic acids is 2. The molecule has 0 spiro atoms. The third kappa shape index (κ3) is 4.23. The minimum Gasteiger partial charge on any atom is -0.365 e. The highest BCUT2D eigenvalue weighted by atomic mass is 16.2. The Morgan fingerprint density at radius 1 is 1.21 bits per heavy atom. The first-order valence-corrected chi connectivity index (χ1v) is 8.25. The number of hydrogen-bond donors (Lipinski definition) is 1. The van der Waals surface area contributed by atoms with Crippen molar-refractivity contribution in [2.45, 2.75) is 20.3 Å². The van der Waals surface area contributed by atoms with Crippen LogP contribution >= 0.6 is 0 Å². The Morgan fingerprint density at radius 2 is 1.92 bits per heavy atom. The van der Waals surface area contributed by atoms with Gasteiger partial charge in [0.25, 0.3) is 5.91 Å². The van der Waals surface area contributed by atoms with Crippen LogP contribution in [0.5, 0.6) is 0 Å². The Labute approximate surface area is 143 Å². The number of primary amides is 1. The van der Waals surface area contributed by atoms with Crippen LogP contribution in [0.25, 0.3) is 0 Å². The van der Waals surface area contributed by atoms with Crippen molar-refractivity contribution in [3.05, 3.63) is 22.9 Å². The lowest BCUT2D eigenvalue weighted by molar-refractivity contribution is -0.129. The summed E-state index contributed by atoms with van der Waals surface area (Å²) in [5.41, 5.74) is 7.87. The predicted molar refractivity (Wildman–Crippen MR) is 94.2 cm³/mol. The topological polar surface area (TPSA) is 82.8 Å². The summed E-state index contributed by atoms with van der Waals surface area (Å²) in [6.45, 7) is 7.40. The van der Waals surface area contributed by atoms with Crippen LogP contribution in [0.4, 0.5) is 5.82 Å². The maximum absolute atomic E-state index is 11.9. The Morgan fingerprint density at radius 3 is 2.54 bits per heavy atom. The van der Waals surface area contributed by atoms with Crippen LogP contribution in [-0.4, -0.2) is 73.4 Å². The predicted octanol–water partition coefficient (Wildman–Crippen LogP) is 0.398. The third-order valence-electron chi connectivity index (χ3n) is 4.46. The van der Waals surface area contributed by atoms with Gasteiger partial charge in [-0.1, -0.05) is 0 Å². The zero-order chi connectivity index (χ0) is 17.9. The highest BCUT2D eigenvalue weighted by molar-refractivity contribution is 5.98. The molecule has 2 amide bonds. The molecule has 2 rings (SSSR count). The van der Waals surface area contributed by atoms with Crippen LogP contribution in [0.15, 0.2) is 6.07 Å². The lowest BCUT2D eigenvalue weighted by atomic mass is 10.1. The largest absolute Gasteiger partial charge is 0.365 e. The third-order valence-corrected chi connectivity index (χ3v) is 4.46. The molecule has 0 saturated carbocycles. The average molecular weight is 333 g/mol. The second-order valence-corrected chi connectivity index (χ2v) is 6.53. The standard InChI is InChI=1S/C17H27N5O2/c1-12-10-14(16(18)24)17(19-13(12)2)22-7-5-6-21(8-9-22)11-15(23)20(3)4/h10H,5-9,11H2,1-4H3,(H2,18,24). The van der Waals surface area contributed by atoms with E-state index in [1.165, 1.54) is 0 Å². The van der Waals surface area contributed by atoms with E-state index >= 15 is 0 Å². The molecule has 0 unspecified atom stereocenters. The van der Waals surface area contributed by atoms with Gasteiger partial charge in [0, 0.05) is 46.0 Å². The molecule has 7 heteroatoms. The molecule has 0 atom stereocenters. The van der Waals surface area contributed by atoms with Crippen molar-refractivity contribution in [3.8, 4) is 0 Å². The van der Waals surface area contributed by atoms with Gasteiger partial charge in [0.15, 0.2) is 0 Å². The van der Waals surface area contributed by atoms with Crippen molar-refractivity contribution in [2.24, 2.45) is 5.73 Å². The molecule has 24 heavy (non-hydrogen) atoms. The minimum atomic E-state index is -0.454. The van der Waals surface area contributed by atoms with Crippen LogP contribution in [-0.2, 0) is 4.79 Å². The molecule has 132 valence electrons. The maximum Gasteiger partial charge on any atom is 0.252 e. The fourth-order valence-electron chi connectivity index (χ4n) is 2.79. The van der Waals surface area contributed by atoms with E-state index in [1.54, 1.807) is 19.0 Å². The molecule has 2 heterocycles. The lowest BCUT2D eigenvalue weighted by Gasteiger charge is -2.25. The van der Waals surface area contributed by atoms with E-state index in [4.69, 9.17) is 5.73 Å². The first-order valence-electron chi connectivity index (χ1n) is 8.25. The number of hydrogen-bond acceptors (Lipinski definition) is 5. The summed E-state index contributed by atoms with van der Waals surface area (Å²) in [4.78, 5) is 34.2. The monoisotopic (exact) mass is 333 g/mol. The van der Waals surface area contributed by atoms with Gasteiger partial charge in [-0.15, -0.1) is 0 Å². The molecule has 1 aliphatic rings. The highest BCUT2D eigenvalue weighted by Gasteiger charge is 2.22. The van der Waals surface area contributed by atoms with Gasteiger partial charge in [-0.2, -0.15) is 0 Å². The van der Waals surface area contributed by atoms with Crippen LogP contribution in [0.1, 0.15) is 28.0 Å². The SMILES string of the molecule is Cc1cc(C(N)=O)c(N2CCCN(CC(=O)N(C)C)CC2)nc1C. The summed E-state index contributed by atoms with van der Waals surface area (Å²) < 4.78 is 0. The number of aryl methyl sites for hydroxylation is 2. The van der Waals surface area contributed by atoms with Gasteiger partial charge < -0.3 is 15.5 Å². The molecule has 0 aliphatic carbocycles. The maximum atomic E-state index is 11.9. The van der Waals surface area contributed by atoms with Gasteiger partial charge in [0.2, 0.25) is 5.91 Å². The molecule has 7 nitrogen and oxygen atoms in total. The minimum absolute atomic E-state index is 0.102. The van der Waals surface area contributed by atoms with Crippen LogP contribution in [0, 0.1) is 13.8 Å². The number of likely N-dealkylation sites (N-methyl/N-ethyl adjacent to an activating group) is 1. The van der Waals surface area contributed by atoms with E-state index in [9.17, 15) is 9.59 Å². The van der Waals surface area contributed by atoms with E-state index in [1.807, 2.05) is 19.9 Å². The van der Waals surface area contributed by atoms with Crippen LogP contribution in [0.3, 0.4) is 0 Å². The summed E-state index contributed by atoms with van der Waals surface area (Å²) in [7, 11) is 3.54. The molecule has 0 aromatic carbocycles. The highest BCUT2D eigenvalue weighted by Crippen LogP contribution is 2.22. The Bertz CT molecular complexity index is 630. The summed E-state index contributed by atoms with van der Waals surface area (Å²) in [5.74, 6) is 0.307. The van der Waals surface area contributed by atoms with E-state index in [2.05, 4.69) is 14.8 Å². The molecule has 1 saturated heterocycles. The average Bonchev–Trinajstić information content (AvgIpc) is 2.74. The van der Waals surface area contributed by atoms with Crippen LogP contribution in [0.2, 0.25) is 0 Å². The second kappa shape index (κ2) is 7.61. The van der Waals surface area contributed by atoms with E-state index in [-0.39, 0.29) is 5.91 Å². The summed E-state index contributed by atoms with van der Waals surface area (Å²) in [6, 6.07) is 1.82. The second-order valence-electron chi connectivity index (χ2n) is 6.53. The number of pyridine rings is 1. The Balaban J connectivity index is 2.15. The number of amides is 2. The zero-order valence-corrected chi connectivity index (χ0v) is 15.0. The number of carbonyl (C=O) groups is 2. The molecular weight excluding hydrogens is 306 g/mol.